The molecule has 0 aliphatic rings. The van der Waals surface area contributed by atoms with Crippen LogP contribution in [-0.2, 0) is 58.1 Å². The molecule has 0 saturated carbocycles. The third kappa shape index (κ3) is 9.32. The number of ether oxygens (including phenoxy) is 3. The van der Waals surface area contributed by atoms with Gasteiger partial charge in [-0.3, -0.25) is 4.68 Å². The molecule has 6 aromatic rings. The summed E-state index contributed by atoms with van der Waals surface area (Å²) in [5.41, 5.74) is 5.86. The highest BCUT2D eigenvalue weighted by molar-refractivity contribution is 8.13. The lowest BCUT2D eigenvalue weighted by atomic mass is 9.97. The van der Waals surface area contributed by atoms with Gasteiger partial charge in [-0.05, 0) is 55.2 Å². The Morgan fingerprint density at radius 3 is 2.36 bits per heavy atom. The number of nitrogens with one attached hydrogen (secondary N) is 1. The van der Waals surface area contributed by atoms with Crippen LogP contribution in [0.15, 0.2) is 91.0 Å². The van der Waals surface area contributed by atoms with Gasteiger partial charge in [0.2, 0.25) is 9.05 Å². The maximum absolute atomic E-state index is 13.9. The molecule has 0 fully saturated rings. The zero-order valence-electron chi connectivity index (χ0n) is 31.2. The molecule has 0 unspecified atom stereocenters. The van der Waals surface area contributed by atoms with Crippen LogP contribution < -0.4 is 10.1 Å². The van der Waals surface area contributed by atoms with Crippen molar-refractivity contribution in [3.05, 3.63) is 119 Å². The summed E-state index contributed by atoms with van der Waals surface area (Å²) < 4.78 is 45.2. The van der Waals surface area contributed by atoms with E-state index in [1.807, 2.05) is 110 Å². The van der Waals surface area contributed by atoms with E-state index in [4.69, 9.17) is 30.0 Å². The molecule has 13 heteroatoms. The predicted molar refractivity (Wildman–Crippen MR) is 215 cm³/mol. The van der Waals surface area contributed by atoms with Crippen molar-refractivity contribution in [1.82, 2.24) is 19.7 Å². The minimum Gasteiger partial charge on any atom is -0.493 e. The van der Waals surface area contributed by atoms with E-state index in [2.05, 4.69) is 5.32 Å². The Bertz CT molecular complexity index is 2400. The Hall–Kier alpha value is -5.33. The van der Waals surface area contributed by atoms with E-state index >= 15 is 0 Å². The number of hydrogen-bond acceptors (Lipinski definition) is 8. The van der Waals surface area contributed by atoms with Crippen LogP contribution >= 0.6 is 10.7 Å². The van der Waals surface area contributed by atoms with Gasteiger partial charge >= 0.3 is 12.1 Å². The van der Waals surface area contributed by atoms with Gasteiger partial charge in [-0.1, -0.05) is 91.9 Å². The summed E-state index contributed by atoms with van der Waals surface area (Å²) in [6.45, 7) is 4.72. The Labute approximate surface area is 325 Å². The maximum Gasteiger partial charge on any atom is 0.407 e. The second-order valence-corrected chi connectivity index (χ2v) is 16.0. The van der Waals surface area contributed by atoms with Gasteiger partial charge < -0.3 is 24.1 Å². The molecule has 0 atom stereocenters. The SMILES string of the molecule is CCOC(=O)c1c(CCCOc2cccc3ccccc23)c2cccc(-c3c(CNC(=O)OCc4ccccc4)nn(C)c3CC)c2n1CCCS(=O)(=O)Cl. The van der Waals surface area contributed by atoms with Crippen LogP contribution in [0.1, 0.15) is 59.7 Å². The highest BCUT2D eigenvalue weighted by Gasteiger charge is 2.28. The highest BCUT2D eigenvalue weighted by atomic mass is 35.7. The van der Waals surface area contributed by atoms with Crippen molar-refractivity contribution < 1.29 is 32.2 Å². The largest absolute Gasteiger partial charge is 0.493 e. The molecule has 288 valence electrons. The Kier molecular flexibility index (Phi) is 12.8. The molecule has 2 heterocycles. The van der Waals surface area contributed by atoms with E-state index in [1.54, 1.807) is 11.6 Å². The maximum atomic E-state index is 13.9. The summed E-state index contributed by atoms with van der Waals surface area (Å²) in [4.78, 5) is 26.7. The molecule has 4 aromatic carbocycles. The van der Waals surface area contributed by atoms with Crippen molar-refractivity contribution in [3.63, 3.8) is 0 Å². The van der Waals surface area contributed by atoms with Gasteiger partial charge in [0.1, 0.15) is 18.1 Å². The van der Waals surface area contributed by atoms with Crippen LogP contribution in [-0.4, -0.2) is 53.8 Å². The van der Waals surface area contributed by atoms with Crippen molar-refractivity contribution in [2.24, 2.45) is 7.05 Å². The number of rotatable bonds is 17. The minimum absolute atomic E-state index is 0.0848. The number of amides is 1. The monoisotopic (exact) mass is 784 g/mol. The first-order valence-electron chi connectivity index (χ1n) is 18.4. The number of carbonyl (C=O) groups excluding carboxylic acids is 2. The number of halogens is 1. The van der Waals surface area contributed by atoms with Crippen LogP contribution in [0.4, 0.5) is 4.79 Å². The molecule has 0 spiro atoms. The second kappa shape index (κ2) is 17.9. The van der Waals surface area contributed by atoms with E-state index in [0.717, 1.165) is 55.4 Å². The van der Waals surface area contributed by atoms with Crippen LogP contribution in [0.2, 0.25) is 0 Å². The molecule has 0 aliphatic carbocycles. The highest BCUT2D eigenvalue weighted by Crippen LogP contribution is 2.39. The fourth-order valence-corrected chi connectivity index (χ4v) is 7.93. The van der Waals surface area contributed by atoms with Crippen molar-refractivity contribution in [2.75, 3.05) is 19.0 Å². The molecule has 1 N–H and O–H groups in total. The lowest BCUT2D eigenvalue weighted by Gasteiger charge is -2.14. The summed E-state index contributed by atoms with van der Waals surface area (Å²) in [6, 6.07) is 29.3. The average molecular weight is 785 g/mol. The van der Waals surface area contributed by atoms with Crippen molar-refractivity contribution >= 4 is 53.5 Å². The molecular weight excluding hydrogens is 740 g/mol. The third-order valence-electron chi connectivity index (χ3n) is 9.46. The van der Waals surface area contributed by atoms with Crippen LogP contribution in [0, 0.1) is 0 Å². The quantitative estimate of drug-likeness (QED) is 0.0555. The number of nitrogens with zero attached hydrogens (tertiary/aromatic N) is 3. The number of para-hydroxylation sites is 1. The first-order valence-corrected chi connectivity index (χ1v) is 20.9. The van der Waals surface area contributed by atoms with E-state index < -0.39 is 21.1 Å². The number of benzene rings is 4. The molecule has 0 radical (unpaired) electrons. The van der Waals surface area contributed by atoms with Gasteiger partial charge in [-0.15, -0.1) is 0 Å². The molecule has 55 heavy (non-hydrogen) atoms. The van der Waals surface area contributed by atoms with Crippen LogP contribution in [0.25, 0.3) is 32.8 Å². The summed E-state index contributed by atoms with van der Waals surface area (Å²) in [5.74, 6) is -0.00183. The van der Waals surface area contributed by atoms with E-state index in [0.29, 0.717) is 37.3 Å². The molecular formula is C42H45ClN4O7S. The second-order valence-electron chi connectivity index (χ2n) is 13.1. The summed E-state index contributed by atoms with van der Waals surface area (Å²) >= 11 is 0. The lowest BCUT2D eigenvalue weighted by molar-refractivity contribution is 0.0512. The van der Waals surface area contributed by atoms with Crippen LogP contribution in [0.3, 0.4) is 0 Å². The number of esters is 1. The summed E-state index contributed by atoms with van der Waals surface area (Å²) in [6.07, 6.45) is 1.27. The van der Waals surface area contributed by atoms with Gasteiger partial charge in [0.05, 0.1) is 36.7 Å². The van der Waals surface area contributed by atoms with Crippen LogP contribution in [0.5, 0.6) is 5.75 Å². The number of hydrogen-bond donors (Lipinski definition) is 1. The Balaban J connectivity index is 1.38. The average Bonchev–Trinajstić information content (AvgIpc) is 3.67. The topological polar surface area (TPSA) is 131 Å². The number of aryl methyl sites for hydroxylation is 3. The first-order chi connectivity index (χ1) is 26.6. The predicted octanol–water partition coefficient (Wildman–Crippen LogP) is 8.33. The Morgan fingerprint density at radius 1 is 0.873 bits per heavy atom. The summed E-state index contributed by atoms with van der Waals surface area (Å²) in [7, 11) is 3.72. The molecule has 1 amide bonds. The zero-order chi connectivity index (χ0) is 39.0. The summed E-state index contributed by atoms with van der Waals surface area (Å²) in [5, 5.41) is 10.6. The van der Waals surface area contributed by atoms with Gasteiger partial charge in [0.25, 0.3) is 0 Å². The minimum atomic E-state index is -3.80. The number of alkyl carbamates (subject to hydrolysis) is 1. The number of aromatic nitrogens is 3. The van der Waals surface area contributed by atoms with Crippen molar-refractivity contribution in [1.29, 1.82) is 0 Å². The number of fused-ring (bicyclic) bond motifs is 2. The van der Waals surface area contributed by atoms with Gasteiger partial charge in [0, 0.05) is 51.9 Å². The smallest absolute Gasteiger partial charge is 0.407 e. The lowest BCUT2D eigenvalue weighted by Crippen LogP contribution is -2.24. The molecule has 6 rings (SSSR count). The first kappa shape index (κ1) is 39.4. The standard InChI is InChI=1S/C42H45ClN4O7S/c1-4-36-38(35(45-46(36)3)27-44-42(49)54-28-29-15-7-6-8-16-29)34-21-12-20-32-33(22-13-25-53-37-23-11-18-30-17-9-10-19-31(30)37)40(41(48)52-5-2)47(39(32)34)24-14-26-55(43,50)51/h6-12,15-21,23H,4-5,13-14,22,24-28H2,1-3H3,(H,44,49). The van der Waals surface area contributed by atoms with Crippen molar-refractivity contribution in [2.45, 2.75) is 59.2 Å². The van der Waals surface area contributed by atoms with E-state index in [-0.39, 0.29) is 38.5 Å². The Morgan fingerprint density at radius 2 is 1.60 bits per heavy atom. The van der Waals surface area contributed by atoms with E-state index in [9.17, 15) is 18.0 Å². The molecule has 0 saturated heterocycles. The number of carbonyl (C=O) groups is 2. The molecule has 2 aromatic heterocycles. The van der Waals surface area contributed by atoms with Gasteiger partial charge in [-0.25, -0.2) is 18.0 Å². The normalized spacial score (nSPS) is 11.6. The molecule has 0 bridgehead atoms. The van der Waals surface area contributed by atoms with Gasteiger partial charge in [-0.2, -0.15) is 5.10 Å². The van der Waals surface area contributed by atoms with Gasteiger partial charge in [0.15, 0.2) is 0 Å². The molecule has 11 nitrogen and oxygen atoms in total. The van der Waals surface area contributed by atoms with Crippen molar-refractivity contribution in [3.8, 4) is 16.9 Å². The third-order valence-corrected chi connectivity index (χ3v) is 10.7. The molecule has 0 aliphatic heterocycles. The fraction of sp³-hybridized carbons (Fsp3) is 0.310. The fourth-order valence-electron chi connectivity index (χ4n) is 7.13. The van der Waals surface area contributed by atoms with E-state index in [1.165, 1.54) is 0 Å². The zero-order valence-corrected chi connectivity index (χ0v) is 32.8.